The topological polar surface area (TPSA) is 63.3 Å². The minimum Gasteiger partial charge on any atom is -0.505 e. The first kappa shape index (κ1) is 8.59. The summed E-state index contributed by atoms with van der Waals surface area (Å²) in [5.41, 5.74) is 6.33. The monoisotopic (exact) mass is 165 g/mol. The van der Waals surface area contributed by atoms with Gasteiger partial charge in [-0.1, -0.05) is 19.1 Å². The molecule has 3 nitrogen and oxygen atoms in total. The van der Waals surface area contributed by atoms with Gasteiger partial charge >= 0.3 is 0 Å². The van der Waals surface area contributed by atoms with Crippen molar-refractivity contribution in [2.45, 2.75) is 12.8 Å². The number of carbonyl (C=O) groups excluding carboxylic acids is 1. The van der Waals surface area contributed by atoms with Crippen molar-refractivity contribution in [1.29, 1.82) is 0 Å². The lowest BCUT2D eigenvalue weighted by atomic mass is 10.0. The third-order valence-electron chi connectivity index (χ3n) is 1.79. The van der Waals surface area contributed by atoms with Crippen LogP contribution in [0.2, 0.25) is 0 Å². The average molecular weight is 165 g/mol. The van der Waals surface area contributed by atoms with Crippen LogP contribution in [0.1, 0.15) is 18.4 Å². The summed E-state index contributed by atoms with van der Waals surface area (Å²) in [7, 11) is 0. The van der Waals surface area contributed by atoms with Gasteiger partial charge in [-0.3, -0.25) is 0 Å². The van der Waals surface area contributed by atoms with Gasteiger partial charge in [-0.15, -0.1) is 0 Å². The zero-order valence-electron chi connectivity index (χ0n) is 6.82. The standard InChI is InChI=1S/C9H11NO2/c1-6(5-11)7-3-2-4-8(10)9(7)12/h2-6,12H,10H2,1H3. The molecule has 0 aromatic heterocycles. The molecule has 1 aromatic carbocycles. The third kappa shape index (κ3) is 1.39. The number of hydrogen-bond acceptors (Lipinski definition) is 3. The first-order valence-electron chi connectivity index (χ1n) is 3.69. The number of hydrogen-bond donors (Lipinski definition) is 2. The van der Waals surface area contributed by atoms with Gasteiger partial charge in [0.05, 0.1) is 5.69 Å². The van der Waals surface area contributed by atoms with Crippen molar-refractivity contribution < 1.29 is 9.90 Å². The Hall–Kier alpha value is -1.51. The van der Waals surface area contributed by atoms with E-state index in [1.807, 2.05) is 0 Å². The van der Waals surface area contributed by atoms with Crippen LogP contribution in [0.15, 0.2) is 18.2 Å². The van der Waals surface area contributed by atoms with E-state index in [2.05, 4.69) is 0 Å². The molecule has 0 fully saturated rings. The van der Waals surface area contributed by atoms with E-state index < -0.39 is 0 Å². The third-order valence-corrected chi connectivity index (χ3v) is 1.79. The molecule has 0 heterocycles. The summed E-state index contributed by atoms with van der Waals surface area (Å²) in [6.07, 6.45) is 0.772. The molecule has 0 spiro atoms. The molecule has 1 unspecified atom stereocenters. The Bertz CT molecular complexity index is 297. The van der Waals surface area contributed by atoms with E-state index in [1.165, 1.54) is 0 Å². The second-order valence-corrected chi connectivity index (χ2v) is 2.71. The number of nitrogen functional groups attached to an aromatic ring is 1. The van der Waals surface area contributed by atoms with Crippen LogP contribution in [-0.2, 0) is 4.79 Å². The lowest BCUT2D eigenvalue weighted by molar-refractivity contribution is -0.108. The molecule has 1 aromatic rings. The van der Waals surface area contributed by atoms with Crippen LogP contribution in [-0.4, -0.2) is 11.4 Å². The largest absolute Gasteiger partial charge is 0.505 e. The van der Waals surface area contributed by atoms with E-state index >= 15 is 0 Å². The molecule has 3 N–H and O–H groups in total. The van der Waals surface area contributed by atoms with Crippen molar-refractivity contribution in [3.8, 4) is 5.75 Å². The minimum atomic E-state index is -0.312. The molecule has 0 aliphatic carbocycles. The predicted molar refractivity (Wildman–Crippen MR) is 47.0 cm³/mol. The number of aromatic hydroxyl groups is 1. The molecule has 0 radical (unpaired) electrons. The van der Waals surface area contributed by atoms with Gasteiger partial charge in [0.25, 0.3) is 0 Å². The number of para-hydroxylation sites is 1. The molecule has 0 aliphatic rings. The van der Waals surface area contributed by atoms with Crippen molar-refractivity contribution in [2.24, 2.45) is 0 Å². The van der Waals surface area contributed by atoms with Crippen molar-refractivity contribution in [3.05, 3.63) is 23.8 Å². The molecule has 12 heavy (non-hydrogen) atoms. The second-order valence-electron chi connectivity index (χ2n) is 2.71. The van der Waals surface area contributed by atoms with Gasteiger partial charge in [0.2, 0.25) is 0 Å². The van der Waals surface area contributed by atoms with Crippen molar-refractivity contribution >= 4 is 12.0 Å². The maximum Gasteiger partial charge on any atom is 0.142 e. The highest BCUT2D eigenvalue weighted by Crippen LogP contribution is 2.29. The lowest BCUT2D eigenvalue weighted by Crippen LogP contribution is -1.97. The van der Waals surface area contributed by atoms with Crippen LogP contribution in [0.25, 0.3) is 0 Å². The molecule has 64 valence electrons. The molecule has 0 bridgehead atoms. The molecular formula is C9H11NO2. The van der Waals surface area contributed by atoms with Crippen LogP contribution in [0.5, 0.6) is 5.75 Å². The number of phenols is 1. The summed E-state index contributed by atoms with van der Waals surface area (Å²) in [6, 6.07) is 4.99. The second kappa shape index (κ2) is 3.26. The molecule has 1 atom stereocenters. The fraction of sp³-hybridized carbons (Fsp3) is 0.222. The van der Waals surface area contributed by atoms with Gasteiger partial charge in [-0.05, 0) is 6.07 Å². The Kier molecular flexibility index (Phi) is 2.33. The molecule has 0 saturated heterocycles. The van der Waals surface area contributed by atoms with E-state index in [4.69, 9.17) is 5.73 Å². The minimum absolute atomic E-state index is 0.0112. The Morgan fingerprint density at radius 3 is 2.83 bits per heavy atom. The number of nitrogens with two attached hydrogens (primary N) is 1. The van der Waals surface area contributed by atoms with Gasteiger partial charge in [-0.2, -0.15) is 0 Å². The summed E-state index contributed by atoms with van der Waals surface area (Å²) < 4.78 is 0. The predicted octanol–water partition coefficient (Wildman–Crippen LogP) is 1.28. The molecule has 0 saturated carbocycles. The van der Waals surface area contributed by atoms with Gasteiger partial charge in [0.1, 0.15) is 12.0 Å². The normalized spacial score (nSPS) is 12.4. The Labute approximate surface area is 70.8 Å². The van der Waals surface area contributed by atoms with E-state index in [9.17, 15) is 9.90 Å². The molecule has 0 amide bonds. The fourth-order valence-corrected chi connectivity index (χ4v) is 1.02. The van der Waals surface area contributed by atoms with Gasteiger partial charge in [0.15, 0.2) is 0 Å². The number of anilines is 1. The molecule has 0 aliphatic heterocycles. The molecule has 3 heteroatoms. The number of benzene rings is 1. The molecule has 1 rings (SSSR count). The Morgan fingerprint density at radius 1 is 1.58 bits per heavy atom. The van der Waals surface area contributed by atoms with Gasteiger partial charge in [0, 0.05) is 11.5 Å². The quantitative estimate of drug-likeness (QED) is 0.394. The zero-order valence-corrected chi connectivity index (χ0v) is 6.82. The van der Waals surface area contributed by atoms with E-state index in [0.717, 1.165) is 6.29 Å². The summed E-state index contributed by atoms with van der Waals surface area (Å²) in [5.74, 6) is -0.300. The van der Waals surface area contributed by atoms with Crippen LogP contribution >= 0.6 is 0 Å². The lowest BCUT2D eigenvalue weighted by Gasteiger charge is -2.08. The maximum atomic E-state index is 10.4. The van der Waals surface area contributed by atoms with E-state index in [-0.39, 0.29) is 11.7 Å². The molecular weight excluding hydrogens is 154 g/mol. The summed E-state index contributed by atoms with van der Waals surface area (Å²) >= 11 is 0. The smallest absolute Gasteiger partial charge is 0.142 e. The van der Waals surface area contributed by atoms with Crippen molar-refractivity contribution in [1.82, 2.24) is 0 Å². The Balaban J connectivity index is 3.15. The fourth-order valence-electron chi connectivity index (χ4n) is 1.02. The van der Waals surface area contributed by atoms with Gasteiger partial charge < -0.3 is 15.6 Å². The highest BCUT2D eigenvalue weighted by atomic mass is 16.3. The van der Waals surface area contributed by atoms with Gasteiger partial charge in [-0.25, -0.2) is 0 Å². The van der Waals surface area contributed by atoms with Crippen molar-refractivity contribution in [2.75, 3.05) is 5.73 Å². The zero-order chi connectivity index (χ0) is 9.14. The maximum absolute atomic E-state index is 10.4. The number of phenolic OH excluding ortho intramolecular Hbond substituents is 1. The highest BCUT2D eigenvalue weighted by molar-refractivity contribution is 5.67. The number of rotatable bonds is 2. The van der Waals surface area contributed by atoms with Crippen LogP contribution in [0.3, 0.4) is 0 Å². The van der Waals surface area contributed by atoms with Crippen molar-refractivity contribution in [3.63, 3.8) is 0 Å². The van der Waals surface area contributed by atoms with E-state index in [0.29, 0.717) is 11.3 Å². The van der Waals surface area contributed by atoms with E-state index in [1.54, 1.807) is 25.1 Å². The first-order chi connectivity index (χ1) is 5.66. The number of aldehydes is 1. The first-order valence-corrected chi connectivity index (χ1v) is 3.69. The van der Waals surface area contributed by atoms with Crippen LogP contribution in [0, 0.1) is 0 Å². The SMILES string of the molecule is CC(C=O)c1cccc(N)c1O. The summed E-state index contributed by atoms with van der Waals surface area (Å²) in [5, 5.41) is 9.42. The van der Waals surface area contributed by atoms with Crippen LogP contribution < -0.4 is 5.73 Å². The Morgan fingerprint density at radius 2 is 2.25 bits per heavy atom. The number of carbonyl (C=O) groups is 1. The van der Waals surface area contributed by atoms with Crippen LogP contribution in [0.4, 0.5) is 5.69 Å². The average Bonchev–Trinajstić information content (AvgIpc) is 2.08. The summed E-state index contributed by atoms with van der Waals surface area (Å²) in [6.45, 7) is 1.71. The summed E-state index contributed by atoms with van der Waals surface area (Å²) in [4.78, 5) is 10.4. The highest BCUT2D eigenvalue weighted by Gasteiger charge is 2.10.